The minimum Gasteiger partial charge on any atom is -0.310 e. The molecule has 0 aromatic heterocycles. The van der Waals surface area contributed by atoms with Crippen LogP contribution < -0.4 is 9.80 Å². The van der Waals surface area contributed by atoms with Crippen LogP contribution in [0.4, 0.5) is 34.1 Å². The zero-order chi connectivity index (χ0) is 39.5. The monoisotopic (exact) mass is 754 g/mol. The molecule has 0 aliphatic carbocycles. The van der Waals surface area contributed by atoms with Crippen LogP contribution in [-0.4, -0.2) is 0 Å². The lowest BCUT2D eigenvalue weighted by molar-refractivity contribution is 0.632. The molecule has 0 spiro atoms. The van der Waals surface area contributed by atoms with Crippen molar-refractivity contribution >= 4 is 66.4 Å². The van der Waals surface area contributed by atoms with E-state index in [0.29, 0.717) is 0 Å². The van der Waals surface area contributed by atoms with Gasteiger partial charge in [-0.1, -0.05) is 184 Å². The molecule has 0 radical (unpaired) electrons. The largest absolute Gasteiger partial charge is 0.310 e. The van der Waals surface area contributed by atoms with Gasteiger partial charge < -0.3 is 9.80 Å². The van der Waals surface area contributed by atoms with Gasteiger partial charge in [-0.25, -0.2) is 0 Å². The molecule has 1 heterocycles. The van der Waals surface area contributed by atoms with Crippen molar-refractivity contribution in [3.05, 3.63) is 230 Å². The summed E-state index contributed by atoms with van der Waals surface area (Å²) in [7, 11) is 0. The summed E-state index contributed by atoms with van der Waals surface area (Å²) in [6, 6.07) is 80.0. The van der Waals surface area contributed by atoms with Gasteiger partial charge in [0.2, 0.25) is 0 Å². The normalized spacial score (nSPS) is 13.0. The minimum atomic E-state index is -0.215. The second kappa shape index (κ2) is 13.9. The second-order valence-electron chi connectivity index (χ2n) is 16.2. The molecule has 0 unspecified atom stereocenters. The van der Waals surface area contributed by atoms with Gasteiger partial charge in [0.25, 0.3) is 0 Å². The zero-order valence-corrected chi connectivity index (χ0v) is 33.2. The highest BCUT2D eigenvalue weighted by molar-refractivity contribution is 6.08. The van der Waals surface area contributed by atoms with E-state index < -0.39 is 0 Å². The molecule has 0 amide bonds. The van der Waals surface area contributed by atoms with E-state index >= 15 is 0 Å². The molecule has 0 saturated heterocycles. The summed E-state index contributed by atoms with van der Waals surface area (Å²) >= 11 is 0. The Bertz CT molecular complexity index is 3190. The van der Waals surface area contributed by atoms with Gasteiger partial charge in [0.05, 0.1) is 22.7 Å². The van der Waals surface area contributed by atoms with Gasteiger partial charge in [-0.15, -0.1) is 0 Å². The maximum atomic E-state index is 2.55. The lowest BCUT2D eigenvalue weighted by Crippen LogP contribution is -2.31. The molecule has 11 rings (SSSR count). The molecule has 0 fully saturated rings. The molecule has 0 saturated carbocycles. The van der Waals surface area contributed by atoms with Crippen LogP contribution in [0, 0.1) is 0 Å². The minimum absolute atomic E-state index is 0.215. The van der Waals surface area contributed by atoms with Gasteiger partial charge in [0.15, 0.2) is 0 Å². The van der Waals surface area contributed by atoms with Crippen molar-refractivity contribution in [3.8, 4) is 22.3 Å². The van der Waals surface area contributed by atoms with Crippen LogP contribution in [0.1, 0.15) is 25.0 Å². The summed E-state index contributed by atoms with van der Waals surface area (Å²) in [5.41, 5.74) is 14.2. The van der Waals surface area contributed by atoms with Crippen LogP contribution in [0.3, 0.4) is 0 Å². The third kappa shape index (κ3) is 5.79. The van der Waals surface area contributed by atoms with Gasteiger partial charge in [0.1, 0.15) is 0 Å². The fraction of sp³-hybridized carbons (Fsp3) is 0.0526. The summed E-state index contributed by atoms with van der Waals surface area (Å²) in [6.07, 6.45) is 0. The highest BCUT2D eigenvalue weighted by atomic mass is 15.2. The highest BCUT2D eigenvalue weighted by Gasteiger charge is 2.38. The Kier molecular flexibility index (Phi) is 8.20. The third-order valence-corrected chi connectivity index (χ3v) is 12.4. The number of fused-ring (bicyclic) bond motifs is 5. The predicted molar refractivity (Wildman–Crippen MR) is 251 cm³/mol. The first-order valence-corrected chi connectivity index (χ1v) is 20.5. The first kappa shape index (κ1) is 34.8. The van der Waals surface area contributed by atoms with Crippen molar-refractivity contribution < 1.29 is 0 Å². The van der Waals surface area contributed by atoms with E-state index in [0.717, 1.165) is 17.1 Å². The summed E-state index contributed by atoms with van der Waals surface area (Å²) in [4.78, 5) is 4.92. The lowest BCUT2D eigenvalue weighted by Gasteiger charge is -2.43. The van der Waals surface area contributed by atoms with Crippen LogP contribution in [0.25, 0.3) is 54.6 Å². The summed E-state index contributed by atoms with van der Waals surface area (Å²) in [5.74, 6) is 0. The maximum absolute atomic E-state index is 2.55. The van der Waals surface area contributed by atoms with Gasteiger partial charge in [-0.05, 0) is 97.9 Å². The molecule has 10 aromatic carbocycles. The predicted octanol–water partition coefficient (Wildman–Crippen LogP) is 16.1. The smallest absolute Gasteiger partial charge is 0.0618 e. The molecule has 0 atom stereocenters. The van der Waals surface area contributed by atoms with Crippen molar-refractivity contribution in [2.45, 2.75) is 19.3 Å². The molecule has 280 valence electrons. The van der Waals surface area contributed by atoms with E-state index in [1.807, 2.05) is 0 Å². The summed E-state index contributed by atoms with van der Waals surface area (Å²) < 4.78 is 0. The number of hydrogen-bond donors (Lipinski definition) is 0. The van der Waals surface area contributed by atoms with E-state index in [4.69, 9.17) is 0 Å². The van der Waals surface area contributed by atoms with Gasteiger partial charge in [0, 0.05) is 33.1 Å². The third-order valence-electron chi connectivity index (χ3n) is 12.4. The van der Waals surface area contributed by atoms with Gasteiger partial charge in [-0.2, -0.15) is 0 Å². The van der Waals surface area contributed by atoms with E-state index in [1.165, 1.54) is 82.8 Å². The van der Waals surface area contributed by atoms with Crippen molar-refractivity contribution in [1.29, 1.82) is 0 Å². The average Bonchev–Trinajstić information content (AvgIpc) is 3.29. The number of nitrogens with zero attached hydrogens (tertiary/aromatic N) is 2. The fourth-order valence-corrected chi connectivity index (χ4v) is 9.43. The summed E-state index contributed by atoms with van der Waals surface area (Å²) in [6.45, 7) is 4.74. The van der Waals surface area contributed by atoms with Crippen molar-refractivity contribution in [1.82, 2.24) is 0 Å². The molecule has 1 aliphatic heterocycles. The lowest BCUT2D eigenvalue weighted by atomic mass is 9.73. The highest BCUT2D eigenvalue weighted by Crippen LogP contribution is 2.55. The molecule has 1 aliphatic rings. The van der Waals surface area contributed by atoms with Crippen molar-refractivity contribution in [3.63, 3.8) is 0 Å². The molecule has 2 heteroatoms. The van der Waals surface area contributed by atoms with Crippen LogP contribution in [0.2, 0.25) is 0 Å². The number of anilines is 6. The Balaban J connectivity index is 1.09. The number of para-hydroxylation sites is 2. The maximum Gasteiger partial charge on any atom is 0.0618 e. The second-order valence-corrected chi connectivity index (χ2v) is 16.2. The molecule has 59 heavy (non-hydrogen) atoms. The average molecular weight is 755 g/mol. The number of benzene rings is 10. The van der Waals surface area contributed by atoms with Crippen LogP contribution in [0.5, 0.6) is 0 Å². The van der Waals surface area contributed by atoms with E-state index in [9.17, 15) is 0 Å². The topological polar surface area (TPSA) is 6.48 Å². The Hall–Kier alpha value is -7.42. The SMILES string of the molecule is CC1(C)c2ccccc2N(c2c(-c3ccc4ccccc4c3)ccc3ccccc23)c2cc(-c3ccc(N(c4ccccc4)c4cccc5ccccc45)cc3)ccc21. The molecular formula is C57H42N2. The first-order valence-electron chi connectivity index (χ1n) is 20.5. The van der Waals surface area contributed by atoms with Gasteiger partial charge >= 0.3 is 0 Å². The van der Waals surface area contributed by atoms with Crippen LogP contribution >= 0.6 is 0 Å². The number of hydrogen-bond acceptors (Lipinski definition) is 2. The Morgan fingerprint density at radius 2 is 0.949 bits per heavy atom. The van der Waals surface area contributed by atoms with Crippen molar-refractivity contribution in [2.75, 3.05) is 9.80 Å². The molecular weight excluding hydrogens is 713 g/mol. The molecule has 0 N–H and O–H groups in total. The van der Waals surface area contributed by atoms with Crippen LogP contribution in [-0.2, 0) is 5.41 Å². The zero-order valence-electron chi connectivity index (χ0n) is 33.2. The Morgan fingerprint density at radius 1 is 0.373 bits per heavy atom. The van der Waals surface area contributed by atoms with Crippen LogP contribution in [0.15, 0.2) is 218 Å². The number of rotatable bonds is 6. The Morgan fingerprint density at radius 3 is 1.76 bits per heavy atom. The first-order chi connectivity index (χ1) is 29.0. The fourth-order valence-electron chi connectivity index (χ4n) is 9.43. The van der Waals surface area contributed by atoms with Gasteiger partial charge in [-0.3, -0.25) is 0 Å². The summed E-state index contributed by atoms with van der Waals surface area (Å²) in [5, 5.41) is 7.37. The van der Waals surface area contributed by atoms with E-state index in [-0.39, 0.29) is 5.41 Å². The molecule has 0 bridgehead atoms. The quantitative estimate of drug-likeness (QED) is 0.167. The Labute approximate surface area is 345 Å². The molecule has 2 nitrogen and oxygen atoms in total. The van der Waals surface area contributed by atoms with E-state index in [2.05, 4.69) is 242 Å². The standard InChI is InChI=1S/C57H42N2/c1-57(2)51-24-12-13-25-54(51)59(56-49-23-11-9-17-42(49)31-35-50(56)45-28-27-39-15-6-7-18-43(39)37-45)55-38-44(32-36-52(55)57)40-29-33-47(34-30-40)58(46-20-4-3-5-21-46)53-26-14-19-41-16-8-10-22-48(41)53/h3-38H,1-2H3. The van der Waals surface area contributed by atoms with Crippen molar-refractivity contribution in [2.24, 2.45) is 0 Å². The molecule has 10 aromatic rings. The van der Waals surface area contributed by atoms with E-state index in [1.54, 1.807) is 0 Å².